The second-order valence-electron chi connectivity index (χ2n) is 7.86. The summed E-state index contributed by atoms with van der Waals surface area (Å²) in [5.74, 6) is -0.204. The number of benzene rings is 2. The van der Waals surface area contributed by atoms with E-state index in [1.165, 1.54) is 11.1 Å². The van der Waals surface area contributed by atoms with Crippen LogP contribution in [0, 0.1) is 13.8 Å². The van der Waals surface area contributed by atoms with Gasteiger partial charge in [0, 0.05) is 13.1 Å². The van der Waals surface area contributed by atoms with Gasteiger partial charge in [-0.3, -0.25) is 9.69 Å². The smallest absolute Gasteiger partial charge is 0.256 e. The van der Waals surface area contributed by atoms with Gasteiger partial charge in [-0.15, -0.1) is 0 Å². The quantitative estimate of drug-likeness (QED) is 0.513. The van der Waals surface area contributed by atoms with Gasteiger partial charge in [0.15, 0.2) is 0 Å². The highest BCUT2D eigenvalue weighted by atomic mass is 35.5. The first kappa shape index (κ1) is 23.0. The average molecular weight is 439 g/mol. The van der Waals surface area contributed by atoms with Crippen LogP contribution in [0.3, 0.4) is 0 Å². The molecule has 3 aromatic rings. The maximum atomic E-state index is 12.8. The van der Waals surface area contributed by atoms with Crippen LogP contribution in [0.1, 0.15) is 52.2 Å². The van der Waals surface area contributed by atoms with Gasteiger partial charge in [0.25, 0.3) is 5.91 Å². The van der Waals surface area contributed by atoms with Gasteiger partial charge in [0.1, 0.15) is 5.15 Å². The van der Waals surface area contributed by atoms with Gasteiger partial charge < -0.3 is 5.32 Å². The van der Waals surface area contributed by atoms with Crippen molar-refractivity contribution in [2.24, 2.45) is 0 Å². The molecule has 0 atom stereocenters. The highest BCUT2D eigenvalue weighted by Gasteiger charge is 2.20. The van der Waals surface area contributed by atoms with Crippen molar-refractivity contribution in [1.82, 2.24) is 20.0 Å². The number of halogens is 1. The Morgan fingerprint density at radius 1 is 0.968 bits per heavy atom. The Hall–Kier alpha value is -2.63. The molecule has 0 fully saturated rings. The van der Waals surface area contributed by atoms with E-state index < -0.39 is 0 Å². The van der Waals surface area contributed by atoms with Gasteiger partial charge in [-0.25, -0.2) is 4.68 Å². The normalized spacial score (nSPS) is 11.2. The van der Waals surface area contributed by atoms with Crippen LogP contribution in [0.4, 0.5) is 0 Å². The molecule has 0 bridgehead atoms. The van der Waals surface area contributed by atoms with Gasteiger partial charge in [-0.05, 0) is 43.6 Å². The molecule has 1 amide bonds. The monoisotopic (exact) mass is 438 g/mol. The van der Waals surface area contributed by atoms with Crippen LogP contribution >= 0.6 is 11.6 Å². The number of rotatable bonds is 9. The summed E-state index contributed by atoms with van der Waals surface area (Å²) >= 11 is 6.52. The summed E-state index contributed by atoms with van der Waals surface area (Å²) < 4.78 is 1.68. The molecule has 164 valence electrons. The zero-order valence-electron chi connectivity index (χ0n) is 18.8. The van der Waals surface area contributed by atoms with E-state index in [-0.39, 0.29) is 5.91 Å². The molecule has 31 heavy (non-hydrogen) atoms. The lowest BCUT2D eigenvalue weighted by molar-refractivity contribution is 0.0950. The molecular weight excluding hydrogens is 408 g/mol. The fraction of sp³-hybridized carbons (Fsp3) is 0.360. The van der Waals surface area contributed by atoms with Crippen molar-refractivity contribution in [2.45, 2.75) is 47.3 Å². The summed E-state index contributed by atoms with van der Waals surface area (Å²) in [5.41, 5.74) is 5.68. The van der Waals surface area contributed by atoms with Gasteiger partial charge in [0.05, 0.1) is 17.8 Å². The lowest BCUT2D eigenvalue weighted by Gasteiger charge is -2.18. The first-order valence-electron chi connectivity index (χ1n) is 10.8. The lowest BCUT2D eigenvalue weighted by Crippen LogP contribution is -2.24. The van der Waals surface area contributed by atoms with E-state index in [0.29, 0.717) is 29.5 Å². The topological polar surface area (TPSA) is 50.2 Å². The lowest BCUT2D eigenvalue weighted by atomic mass is 10.1. The summed E-state index contributed by atoms with van der Waals surface area (Å²) in [5, 5.41) is 7.82. The molecule has 0 aliphatic heterocycles. The average Bonchev–Trinajstić information content (AvgIpc) is 3.05. The highest BCUT2D eigenvalue weighted by Crippen LogP contribution is 2.21. The van der Waals surface area contributed by atoms with Crippen LogP contribution in [0.2, 0.25) is 5.15 Å². The van der Waals surface area contributed by atoms with E-state index >= 15 is 0 Å². The molecule has 0 aliphatic carbocycles. The van der Waals surface area contributed by atoms with Crippen molar-refractivity contribution in [3.05, 3.63) is 87.2 Å². The van der Waals surface area contributed by atoms with Crippen molar-refractivity contribution >= 4 is 17.5 Å². The molecular formula is C25H31ClN4O. The molecule has 3 rings (SSSR count). The minimum atomic E-state index is -0.204. The Morgan fingerprint density at radius 2 is 1.55 bits per heavy atom. The van der Waals surface area contributed by atoms with Crippen LogP contribution in [0.25, 0.3) is 0 Å². The van der Waals surface area contributed by atoms with Crippen molar-refractivity contribution in [3.63, 3.8) is 0 Å². The second kappa shape index (κ2) is 10.6. The number of hydrogen-bond acceptors (Lipinski definition) is 3. The highest BCUT2D eigenvalue weighted by molar-refractivity contribution is 6.33. The standard InChI is InChI=1S/C25H31ClN4O/c1-5-29(6-2)16-21-13-11-20(12-14-21)15-27-25(31)23-19(4)28-30(24(23)26)17-22-9-7-18(3)8-10-22/h7-14H,5-6,15-17H2,1-4H3,(H,27,31). The van der Waals surface area contributed by atoms with E-state index in [1.54, 1.807) is 4.68 Å². The molecule has 0 saturated carbocycles. The molecule has 0 saturated heterocycles. The van der Waals surface area contributed by atoms with E-state index in [1.807, 2.05) is 19.1 Å². The Balaban J connectivity index is 1.63. The third-order valence-corrected chi connectivity index (χ3v) is 5.91. The molecule has 5 nitrogen and oxygen atoms in total. The minimum absolute atomic E-state index is 0.204. The number of nitrogens with zero attached hydrogens (tertiary/aromatic N) is 3. The maximum absolute atomic E-state index is 12.8. The van der Waals surface area contributed by atoms with E-state index in [4.69, 9.17) is 11.6 Å². The molecule has 0 spiro atoms. The van der Waals surface area contributed by atoms with Crippen LogP contribution in [0.5, 0.6) is 0 Å². The van der Waals surface area contributed by atoms with E-state index in [0.717, 1.165) is 30.8 Å². The summed E-state index contributed by atoms with van der Waals surface area (Å²) in [4.78, 5) is 15.2. The molecule has 0 aliphatic rings. The molecule has 1 aromatic heterocycles. The fourth-order valence-electron chi connectivity index (χ4n) is 3.52. The molecule has 6 heteroatoms. The molecule has 0 unspecified atom stereocenters. The third kappa shape index (κ3) is 5.96. The molecule has 1 heterocycles. The summed E-state index contributed by atoms with van der Waals surface area (Å²) in [6, 6.07) is 16.6. The van der Waals surface area contributed by atoms with Crippen molar-refractivity contribution in [1.29, 1.82) is 0 Å². The van der Waals surface area contributed by atoms with E-state index in [9.17, 15) is 4.79 Å². The van der Waals surface area contributed by atoms with Gasteiger partial charge >= 0.3 is 0 Å². The Bertz CT molecular complexity index is 1010. The van der Waals surface area contributed by atoms with E-state index in [2.05, 4.69) is 72.5 Å². The first-order chi connectivity index (χ1) is 14.9. The van der Waals surface area contributed by atoms with Crippen molar-refractivity contribution in [2.75, 3.05) is 13.1 Å². The zero-order chi connectivity index (χ0) is 22.4. The van der Waals surface area contributed by atoms with Crippen molar-refractivity contribution < 1.29 is 4.79 Å². The largest absolute Gasteiger partial charge is 0.348 e. The number of carbonyl (C=O) groups is 1. The minimum Gasteiger partial charge on any atom is -0.348 e. The van der Waals surface area contributed by atoms with Crippen LogP contribution in [-0.4, -0.2) is 33.7 Å². The SMILES string of the molecule is CCN(CC)Cc1ccc(CNC(=O)c2c(C)nn(Cc3ccc(C)cc3)c2Cl)cc1. The van der Waals surface area contributed by atoms with Gasteiger partial charge in [-0.2, -0.15) is 5.10 Å². The summed E-state index contributed by atoms with van der Waals surface area (Å²) in [6.45, 7) is 12.2. The number of nitrogens with one attached hydrogen (secondary N) is 1. The Labute approximate surface area is 190 Å². The van der Waals surface area contributed by atoms with Gasteiger partial charge in [-0.1, -0.05) is 79.5 Å². The molecule has 2 aromatic carbocycles. The molecule has 0 radical (unpaired) electrons. The summed E-state index contributed by atoms with van der Waals surface area (Å²) in [7, 11) is 0. The Morgan fingerprint density at radius 3 is 2.16 bits per heavy atom. The zero-order valence-corrected chi connectivity index (χ0v) is 19.5. The van der Waals surface area contributed by atoms with Crippen LogP contribution in [-0.2, 0) is 19.6 Å². The number of carbonyl (C=O) groups excluding carboxylic acids is 1. The molecule has 1 N–H and O–H groups in total. The number of aromatic nitrogens is 2. The number of aryl methyl sites for hydroxylation is 2. The second-order valence-corrected chi connectivity index (χ2v) is 8.21. The number of amides is 1. The van der Waals surface area contributed by atoms with Crippen molar-refractivity contribution in [3.8, 4) is 0 Å². The Kier molecular flexibility index (Phi) is 7.88. The number of hydrogen-bond donors (Lipinski definition) is 1. The summed E-state index contributed by atoms with van der Waals surface area (Å²) in [6.07, 6.45) is 0. The third-order valence-electron chi connectivity index (χ3n) is 5.52. The van der Waals surface area contributed by atoms with Crippen LogP contribution < -0.4 is 5.32 Å². The fourth-order valence-corrected chi connectivity index (χ4v) is 3.84. The maximum Gasteiger partial charge on any atom is 0.256 e. The van der Waals surface area contributed by atoms with Gasteiger partial charge in [0.2, 0.25) is 0 Å². The van der Waals surface area contributed by atoms with Crippen LogP contribution in [0.15, 0.2) is 48.5 Å². The predicted molar refractivity (Wildman–Crippen MR) is 126 cm³/mol. The predicted octanol–water partition coefficient (Wildman–Crippen LogP) is 4.97. The first-order valence-corrected chi connectivity index (χ1v) is 11.2.